The number of rotatable bonds is 28. The fourth-order valence-corrected chi connectivity index (χ4v) is 12.0. The summed E-state index contributed by atoms with van der Waals surface area (Å²) in [6, 6.07) is 36.4. The Morgan fingerprint density at radius 2 is 1.05 bits per heavy atom. The van der Waals surface area contributed by atoms with Crippen LogP contribution in [0.5, 0.6) is 17.4 Å². The lowest BCUT2D eigenvalue weighted by atomic mass is 10.2. The van der Waals surface area contributed by atoms with Crippen molar-refractivity contribution in [2.24, 2.45) is 0 Å². The quantitative estimate of drug-likeness (QED) is 0.0214. The smallest absolute Gasteiger partial charge is 0.494 e. The molecule has 456 valence electrons. The van der Waals surface area contributed by atoms with Gasteiger partial charge in [0, 0.05) is 114 Å². The van der Waals surface area contributed by atoms with E-state index in [4.69, 9.17) is 35.3 Å². The van der Waals surface area contributed by atoms with Crippen molar-refractivity contribution in [3.63, 3.8) is 0 Å². The number of pyridine rings is 2. The maximum absolute atomic E-state index is 11.7. The number of hydrogen-bond donors (Lipinski definition) is 1. The number of alkyl halides is 1. The number of anilines is 2. The molecule has 0 bridgehead atoms. The molecule has 6 heterocycles. The number of thiophene rings is 2. The number of fused-ring (bicyclic) bond motifs is 4. The van der Waals surface area contributed by atoms with Gasteiger partial charge in [-0.25, -0.2) is 14.6 Å². The van der Waals surface area contributed by atoms with Gasteiger partial charge in [-0.15, -0.1) is 22.7 Å². The molecule has 0 unspecified atom stereocenters. The minimum absolute atomic E-state index is 0.0863. The lowest BCUT2D eigenvalue weighted by molar-refractivity contribution is 0.00266. The van der Waals surface area contributed by atoms with Gasteiger partial charge in [0.2, 0.25) is 18.2 Å². The number of aromatic amines is 1. The molecule has 4 aromatic heterocycles. The predicted molar refractivity (Wildman–Crippen MR) is 346 cm³/mol. The van der Waals surface area contributed by atoms with Gasteiger partial charge >= 0.3 is 12.3 Å². The number of benzene rings is 4. The van der Waals surface area contributed by atoms with Crippen LogP contribution >= 0.6 is 34.3 Å². The maximum atomic E-state index is 11.7. The molecule has 2 fully saturated rings. The second kappa shape index (κ2) is 35.6. The van der Waals surface area contributed by atoms with Gasteiger partial charge in [0.05, 0.1) is 37.5 Å². The summed E-state index contributed by atoms with van der Waals surface area (Å²) < 4.78 is 39.3. The predicted octanol–water partition coefficient (Wildman–Crippen LogP) is 15.1. The highest BCUT2D eigenvalue weighted by molar-refractivity contribution is 7.17. The summed E-state index contributed by atoms with van der Waals surface area (Å²) in [7, 11) is 0. The zero-order valence-electron chi connectivity index (χ0n) is 49.4. The Labute approximate surface area is 512 Å². The number of unbranched alkanes of at least 4 members (excludes halogenated alkanes) is 8. The van der Waals surface area contributed by atoms with Crippen molar-refractivity contribution in [2.75, 3.05) is 115 Å². The Kier molecular flexibility index (Phi) is 26.9. The number of aromatic nitrogens is 2. The number of nitrogens with zero attached hydrogens (tertiary/aromatic N) is 5. The Bertz CT molecular complexity index is 3320. The highest BCUT2D eigenvalue weighted by atomic mass is 35.5. The number of H-pyrrole nitrogens is 1. The van der Waals surface area contributed by atoms with Gasteiger partial charge in [-0.2, -0.15) is 0 Å². The normalized spacial score (nSPS) is 13.7. The molecule has 10 rings (SSSR count). The first-order chi connectivity index (χ1) is 41.8. The number of halogens is 1. The molecular weight excluding hydrogens is 1140 g/mol. The molecule has 85 heavy (non-hydrogen) atoms. The molecule has 16 nitrogen and oxygen atoms in total. The van der Waals surface area contributed by atoms with Gasteiger partial charge in [0.15, 0.2) is 6.07 Å². The molecule has 2 aliphatic rings. The topological polar surface area (TPSA) is 157 Å². The van der Waals surface area contributed by atoms with E-state index in [1.165, 1.54) is 44.4 Å². The fourth-order valence-electron chi connectivity index (χ4n) is 10.3. The fraction of sp³-hybridized carbons (Fsp3) is 0.455. The maximum Gasteiger partial charge on any atom is 0.511 e. The van der Waals surface area contributed by atoms with Crippen LogP contribution in [-0.4, -0.2) is 137 Å². The molecular formula is C66H83ClN6O10S2. The number of piperazine rings is 2. The van der Waals surface area contributed by atoms with E-state index in [9.17, 15) is 14.4 Å². The zero-order valence-corrected chi connectivity index (χ0v) is 51.7. The molecule has 2 saturated heterocycles. The largest absolute Gasteiger partial charge is 0.511 e. The number of carbonyl (C=O) groups excluding carboxylic acids is 2. The summed E-state index contributed by atoms with van der Waals surface area (Å²) in [4.78, 5) is 51.3. The second-order valence-corrected chi connectivity index (χ2v) is 23.2. The molecule has 0 amide bonds. The van der Waals surface area contributed by atoms with E-state index in [0.717, 1.165) is 163 Å². The molecule has 0 atom stereocenters. The van der Waals surface area contributed by atoms with Crippen LogP contribution in [0.15, 0.2) is 125 Å². The van der Waals surface area contributed by atoms with E-state index >= 15 is 0 Å². The van der Waals surface area contributed by atoms with Crippen molar-refractivity contribution in [1.29, 1.82) is 0 Å². The third-order valence-corrected chi connectivity index (χ3v) is 16.8. The van der Waals surface area contributed by atoms with Crippen LogP contribution in [0.25, 0.3) is 42.0 Å². The SMILES string of the molecule is CCCCCCOC(=O)OCCl.CCCCCCOC(=O)OCOc1ccc2ccc(OCCCCN3CCN(c4cccc5sccc45)CC3)cc2n1.O=c1ccc2ccc(OCCCCN3CCN(c4cccc5sccc45)CC3)cc2[nH]1. The third kappa shape index (κ3) is 21.0. The lowest BCUT2D eigenvalue weighted by Crippen LogP contribution is -2.46. The van der Waals surface area contributed by atoms with Gasteiger partial charge in [-0.1, -0.05) is 76.1 Å². The summed E-state index contributed by atoms with van der Waals surface area (Å²) in [6.07, 6.45) is 11.3. The van der Waals surface area contributed by atoms with Crippen molar-refractivity contribution in [1.82, 2.24) is 19.8 Å². The second-order valence-electron chi connectivity index (χ2n) is 21.0. The van der Waals surface area contributed by atoms with Crippen LogP contribution in [0.2, 0.25) is 0 Å². The molecule has 0 aliphatic carbocycles. The van der Waals surface area contributed by atoms with Crippen LogP contribution in [-0.2, 0) is 18.9 Å². The van der Waals surface area contributed by atoms with E-state index in [1.54, 1.807) is 12.1 Å². The van der Waals surface area contributed by atoms with Crippen LogP contribution in [0.1, 0.15) is 90.9 Å². The van der Waals surface area contributed by atoms with Crippen molar-refractivity contribution < 1.29 is 42.7 Å². The Hall–Kier alpha value is -6.83. The molecule has 4 aromatic carbocycles. The van der Waals surface area contributed by atoms with Gasteiger partial charge in [0.25, 0.3) is 0 Å². The Morgan fingerprint density at radius 1 is 0.529 bits per heavy atom. The number of hydrogen-bond acceptors (Lipinski definition) is 17. The highest BCUT2D eigenvalue weighted by Gasteiger charge is 2.20. The van der Waals surface area contributed by atoms with Crippen molar-refractivity contribution in [3.05, 3.63) is 130 Å². The molecule has 0 radical (unpaired) electrons. The standard InChI is InChI=1S/C33H41N3O5S.C25H27N3O2S.C8H15ClO3/c1-2-3-4-6-22-39-33(37)41-25-40-32-14-12-26-11-13-27(24-29(26)34-32)38-21-7-5-16-35-17-19-36(20-18-35)30-9-8-10-31-28(30)15-23-42-31;29-25-9-7-19-6-8-20(18-22(19)26-25)30-16-2-1-11-27-12-14-28(15-13-27)23-4-3-5-24-21(23)10-17-31-24;1-2-3-4-5-6-11-8(10)12-7-9/h8-15,23-24H,2-7,16-22,25H2,1H3;3-10,17-18H,1-2,11-16H2,(H,26,29);2-7H2,1H3. The van der Waals surface area contributed by atoms with E-state index in [-0.39, 0.29) is 18.4 Å². The molecule has 0 saturated carbocycles. The van der Waals surface area contributed by atoms with E-state index < -0.39 is 12.3 Å². The summed E-state index contributed by atoms with van der Waals surface area (Å²) >= 11 is 8.76. The highest BCUT2D eigenvalue weighted by Crippen LogP contribution is 2.33. The summed E-state index contributed by atoms with van der Waals surface area (Å²) in [5.41, 5.74) is 4.24. The monoisotopic (exact) mass is 1220 g/mol. The molecule has 19 heteroatoms. The van der Waals surface area contributed by atoms with Crippen LogP contribution < -0.4 is 29.6 Å². The molecule has 2 aliphatic heterocycles. The number of ether oxygens (including phenoxy) is 7. The summed E-state index contributed by atoms with van der Waals surface area (Å²) in [6.45, 7) is 17.1. The van der Waals surface area contributed by atoms with Gasteiger partial charge < -0.3 is 47.9 Å². The number of carbonyl (C=O) groups is 2. The lowest BCUT2D eigenvalue weighted by Gasteiger charge is -2.36. The first-order valence-electron chi connectivity index (χ1n) is 30.2. The van der Waals surface area contributed by atoms with E-state index in [0.29, 0.717) is 32.3 Å². The van der Waals surface area contributed by atoms with Crippen LogP contribution in [0.4, 0.5) is 21.0 Å². The molecule has 1 N–H and O–H groups in total. The van der Waals surface area contributed by atoms with Gasteiger partial charge in [-0.05, 0) is 141 Å². The van der Waals surface area contributed by atoms with Crippen molar-refractivity contribution in [2.45, 2.75) is 90.9 Å². The third-order valence-electron chi connectivity index (χ3n) is 15.0. The Morgan fingerprint density at radius 3 is 1.61 bits per heavy atom. The van der Waals surface area contributed by atoms with Crippen LogP contribution in [0, 0.1) is 0 Å². The summed E-state index contributed by atoms with van der Waals surface area (Å²) in [5.74, 6) is 1.97. The molecule has 0 spiro atoms. The summed E-state index contributed by atoms with van der Waals surface area (Å²) in [5, 5.41) is 9.12. The Balaban J connectivity index is 0.000000191. The van der Waals surface area contributed by atoms with Crippen LogP contribution in [0.3, 0.4) is 0 Å². The van der Waals surface area contributed by atoms with E-state index in [2.05, 4.69) is 112 Å². The first-order valence-corrected chi connectivity index (χ1v) is 32.5. The van der Waals surface area contributed by atoms with E-state index in [1.807, 2.05) is 71.2 Å². The number of nitrogens with one attached hydrogen (secondary N) is 1. The average Bonchev–Trinajstić information content (AvgIpc) is 4.46. The minimum Gasteiger partial charge on any atom is -0.494 e. The molecule has 8 aromatic rings. The minimum atomic E-state index is -0.725. The average molecular weight is 1220 g/mol. The van der Waals surface area contributed by atoms with Gasteiger partial charge in [0.1, 0.15) is 11.5 Å². The zero-order chi connectivity index (χ0) is 59.3. The first kappa shape index (κ1) is 64.2. The van der Waals surface area contributed by atoms with Crippen molar-refractivity contribution >= 4 is 99.9 Å². The van der Waals surface area contributed by atoms with Gasteiger partial charge in [-0.3, -0.25) is 14.6 Å². The van der Waals surface area contributed by atoms with Crippen molar-refractivity contribution in [3.8, 4) is 17.4 Å².